The van der Waals surface area contributed by atoms with E-state index in [4.69, 9.17) is 28.8 Å². The Morgan fingerprint density at radius 3 is 1.48 bits per heavy atom. The van der Waals surface area contributed by atoms with Crippen LogP contribution in [-0.4, -0.2) is 55.1 Å². The first-order valence-corrected chi connectivity index (χ1v) is 12.1. The zero-order chi connectivity index (χ0) is 25.4. The number of aliphatic carboxylic acids is 1. The third-order valence-corrected chi connectivity index (χ3v) is 3.74. The standard InChI is InChI=1S/C12H16O5.C9H10O3.CHBr3/c1-4-17-11(12(13)14)8-5-9(15-2)7-10(6-8)16-3;1-11-8-3-7(6-10)4-9(5-8)12-2;2-1(3)4/h5-7,11H,4H2,1-3H3,(H,13,14);3-6H,1-2H3;1H. The number of benzene rings is 2. The molecule has 11 heteroatoms. The van der Waals surface area contributed by atoms with Gasteiger partial charge >= 0.3 is 5.97 Å². The van der Waals surface area contributed by atoms with E-state index >= 15 is 0 Å². The normalized spacial score (nSPS) is 10.6. The highest BCUT2D eigenvalue weighted by atomic mass is 80.0. The van der Waals surface area contributed by atoms with Gasteiger partial charge in [0.25, 0.3) is 0 Å². The molecule has 2 aromatic rings. The van der Waals surface area contributed by atoms with Gasteiger partial charge in [0.1, 0.15) is 31.9 Å². The molecule has 1 atom stereocenters. The minimum Gasteiger partial charge on any atom is -0.497 e. The zero-order valence-electron chi connectivity index (χ0n) is 18.8. The molecule has 0 bridgehead atoms. The highest BCUT2D eigenvalue weighted by Gasteiger charge is 2.21. The third-order valence-electron chi connectivity index (χ3n) is 3.74. The molecule has 0 fully saturated rings. The molecule has 0 aliphatic rings. The Labute approximate surface area is 218 Å². The molecule has 0 aliphatic carbocycles. The van der Waals surface area contributed by atoms with E-state index in [2.05, 4.69) is 47.8 Å². The minimum absolute atomic E-state index is 0.271. The van der Waals surface area contributed by atoms with Crippen molar-refractivity contribution in [1.29, 1.82) is 0 Å². The minimum atomic E-state index is -1.04. The molecule has 0 saturated heterocycles. The fourth-order valence-electron chi connectivity index (χ4n) is 2.36. The first-order chi connectivity index (χ1) is 15.6. The largest absolute Gasteiger partial charge is 0.497 e. The van der Waals surface area contributed by atoms with E-state index in [1.807, 2.05) is 0 Å². The molecular formula is C22H27Br3O8. The van der Waals surface area contributed by atoms with E-state index in [0.29, 0.717) is 40.7 Å². The SMILES string of the molecule is BrC(Br)Br.CCOC(C(=O)O)c1cc(OC)cc(OC)c1.COc1cc(C=O)cc(OC)c1. The van der Waals surface area contributed by atoms with Crippen molar-refractivity contribution in [3.8, 4) is 23.0 Å². The summed E-state index contributed by atoms with van der Waals surface area (Å²) >= 11 is 9.31. The van der Waals surface area contributed by atoms with Gasteiger partial charge in [-0.1, -0.05) is 47.8 Å². The average Bonchev–Trinajstić information content (AvgIpc) is 2.81. The van der Waals surface area contributed by atoms with Crippen molar-refractivity contribution in [3.63, 3.8) is 0 Å². The van der Waals surface area contributed by atoms with Gasteiger partial charge in [0.2, 0.25) is 0 Å². The van der Waals surface area contributed by atoms with Crippen LogP contribution < -0.4 is 18.9 Å². The fourth-order valence-corrected chi connectivity index (χ4v) is 2.36. The molecule has 33 heavy (non-hydrogen) atoms. The molecule has 0 aliphatic heterocycles. The molecule has 2 aromatic carbocycles. The van der Waals surface area contributed by atoms with Gasteiger partial charge < -0.3 is 28.8 Å². The predicted molar refractivity (Wildman–Crippen MR) is 137 cm³/mol. The zero-order valence-corrected chi connectivity index (χ0v) is 23.6. The van der Waals surface area contributed by atoms with Crippen LogP contribution in [0.15, 0.2) is 36.4 Å². The van der Waals surface area contributed by atoms with Crippen LogP contribution in [-0.2, 0) is 9.53 Å². The number of carbonyl (C=O) groups is 2. The van der Waals surface area contributed by atoms with E-state index in [-0.39, 0.29) is 2.65 Å². The number of halogens is 3. The molecule has 184 valence electrons. The second-order valence-electron chi connectivity index (χ2n) is 5.83. The maximum atomic E-state index is 11.1. The summed E-state index contributed by atoms with van der Waals surface area (Å²) in [4.78, 5) is 21.5. The Morgan fingerprint density at radius 2 is 1.21 bits per heavy atom. The summed E-state index contributed by atoms with van der Waals surface area (Å²) in [6, 6.07) is 9.93. The van der Waals surface area contributed by atoms with Crippen LogP contribution >= 0.6 is 47.8 Å². The quantitative estimate of drug-likeness (QED) is 0.265. The van der Waals surface area contributed by atoms with E-state index in [9.17, 15) is 9.59 Å². The van der Waals surface area contributed by atoms with Crippen LogP contribution in [0.4, 0.5) is 0 Å². The number of rotatable bonds is 9. The van der Waals surface area contributed by atoms with Gasteiger partial charge in [-0.25, -0.2) is 4.79 Å². The third kappa shape index (κ3) is 12.9. The van der Waals surface area contributed by atoms with E-state index in [0.717, 1.165) is 6.29 Å². The average molecular weight is 659 g/mol. The van der Waals surface area contributed by atoms with Crippen LogP contribution in [0.5, 0.6) is 23.0 Å². The number of hydrogen-bond donors (Lipinski definition) is 1. The number of hydrogen-bond acceptors (Lipinski definition) is 7. The predicted octanol–water partition coefficient (Wildman–Crippen LogP) is 5.84. The molecule has 0 aromatic heterocycles. The molecular weight excluding hydrogens is 632 g/mol. The first-order valence-electron chi connectivity index (χ1n) is 9.33. The molecule has 2 rings (SSSR count). The molecule has 1 unspecified atom stereocenters. The molecule has 0 spiro atoms. The lowest BCUT2D eigenvalue weighted by molar-refractivity contribution is -0.150. The van der Waals surface area contributed by atoms with Gasteiger partial charge in [0.15, 0.2) is 6.10 Å². The summed E-state index contributed by atoms with van der Waals surface area (Å²) in [5.74, 6) is 1.27. The topological polar surface area (TPSA) is 101 Å². The summed E-state index contributed by atoms with van der Waals surface area (Å²) < 4.78 is 25.5. The molecule has 8 nitrogen and oxygen atoms in total. The molecule has 0 saturated carbocycles. The van der Waals surface area contributed by atoms with E-state index < -0.39 is 12.1 Å². The number of methoxy groups -OCH3 is 4. The fraction of sp³-hybridized carbons (Fsp3) is 0.364. The van der Waals surface area contributed by atoms with Crippen LogP contribution in [0, 0.1) is 0 Å². The Bertz CT molecular complexity index is 814. The van der Waals surface area contributed by atoms with Crippen molar-refractivity contribution < 1.29 is 38.4 Å². The number of aldehydes is 1. The Morgan fingerprint density at radius 1 is 0.848 bits per heavy atom. The lowest BCUT2D eigenvalue weighted by Gasteiger charge is -2.15. The van der Waals surface area contributed by atoms with Crippen molar-refractivity contribution in [1.82, 2.24) is 0 Å². The Kier molecular flexibility index (Phi) is 16.7. The molecule has 0 heterocycles. The van der Waals surface area contributed by atoms with Gasteiger partial charge in [0.05, 0.1) is 28.4 Å². The maximum Gasteiger partial charge on any atom is 0.337 e. The summed E-state index contributed by atoms with van der Waals surface area (Å²) in [5, 5.41) is 9.08. The summed E-state index contributed by atoms with van der Waals surface area (Å²) in [6.07, 6.45) is -0.255. The molecule has 0 amide bonds. The van der Waals surface area contributed by atoms with Gasteiger partial charge in [-0.3, -0.25) is 4.79 Å². The number of ether oxygens (including phenoxy) is 5. The molecule has 0 radical (unpaired) electrons. The van der Waals surface area contributed by atoms with Crippen molar-refractivity contribution >= 4 is 60.0 Å². The summed E-state index contributed by atoms with van der Waals surface area (Å²) in [5.41, 5.74) is 1.04. The van der Waals surface area contributed by atoms with Crippen LogP contribution in [0.3, 0.4) is 0 Å². The monoisotopic (exact) mass is 656 g/mol. The smallest absolute Gasteiger partial charge is 0.337 e. The Balaban J connectivity index is 0.000000556. The van der Waals surface area contributed by atoms with E-state index in [1.165, 1.54) is 14.2 Å². The first kappa shape index (κ1) is 31.2. The molecule has 1 N–H and O–H groups in total. The maximum absolute atomic E-state index is 11.1. The number of carboxylic acid groups (broad SMARTS) is 1. The number of alkyl halides is 3. The lowest BCUT2D eigenvalue weighted by Crippen LogP contribution is -2.15. The van der Waals surface area contributed by atoms with Gasteiger partial charge in [-0.2, -0.15) is 0 Å². The van der Waals surface area contributed by atoms with Crippen LogP contribution in [0.2, 0.25) is 0 Å². The second-order valence-corrected chi connectivity index (χ2v) is 12.3. The highest BCUT2D eigenvalue weighted by Crippen LogP contribution is 2.28. The highest BCUT2D eigenvalue weighted by molar-refractivity contribution is 9.38. The van der Waals surface area contributed by atoms with Crippen molar-refractivity contribution in [2.24, 2.45) is 0 Å². The summed E-state index contributed by atoms with van der Waals surface area (Å²) in [6.45, 7) is 2.06. The van der Waals surface area contributed by atoms with Gasteiger partial charge in [-0.15, -0.1) is 0 Å². The van der Waals surface area contributed by atoms with Gasteiger partial charge in [0, 0.05) is 24.3 Å². The van der Waals surface area contributed by atoms with Crippen LogP contribution in [0.25, 0.3) is 0 Å². The number of carboxylic acids is 1. The lowest BCUT2D eigenvalue weighted by atomic mass is 10.1. The summed E-state index contributed by atoms with van der Waals surface area (Å²) in [7, 11) is 6.11. The Hall–Kier alpha value is -1.82. The van der Waals surface area contributed by atoms with Crippen molar-refractivity contribution in [2.75, 3.05) is 35.0 Å². The number of carbonyl (C=O) groups excluding carboxylic acids is 1. The van der Waals surface area contributed by atoms with E-state index in [1.54, 1.807) is 57.5 Å². The van der Waals surface area contributed by atoms with Crippen LogP contribution in [0.1, 0.15) is 28.9 Å². The van der Waals surface area contributed by atoms with Crippen molar-refractivity contribution in [2.45, 2.75) is 15.7 Å². The van der Waals surface area contributed by atoms with Gasteiger partial charge in [-0.05, 0) is 36.8 Å². The van der Waals surface area contributed by atoms with Crippen molar-refractivity contribution in [3.05, 3.63) is 47.5 Å². The second kappa shape index (κ2) is 17.6.